The van der Waals surface area contributed by atoms with Gasteiger partial charge in [0.15, 0.2) is 0 Å². The highest BCUT2D eigenvalue weighted by Crippen LogP contribution is 2.02. The lowest BCUT2D eigenvalue weighted by atomic mass is 10.2. The minimum Gasteiger partial charge on any atom is -0.452 e. The molecule has 0 atom stereocenters. The summed E-state index contributed by atoms with van der Waals surface area (Å²) in [4.78, 5) is 22.9. The van der Waals surface area contributed by atoms with Crippen LogP contribution in [0.15, 0.2) is 30.3 Å². The molecule has 0 spiro atoms. The molecule has 104 valence electrons. The number of carbonyl (C=O) groups is 2. The summed E-state index contributed by atoms with van der Waals surface area (Å²) in [7, 11) is 1.23. The summed E-state index contributed by atoms with van der Waals surface area (Å²) < 4.78 is 9.55. The van der Waals surface area contributed by atoms with Crippen LogP contribution in [0, 0.1) is 0 Å². The van der Waals surface area contributed by atoms with E-state index >= 15 is 0 Å². The molecule has 0 fully saturated rings. The number of hydrogen-bond donors (Lipinski definition) is 1. The Morgan fingerprint density at radius 2 is 1.95 bits per heavy atom. The van der Waals surface area contributed by atoms with Crippen LogP contribution in [-0.4, -0.2) is 30.8 Å². The SMILES string of the molecule is CCCN(NC(=O)OC)C(=O)OCc1ccccc1. The van der Waals surface area contributed by atoms with Crippen molar-refractivity contribution in [2.75, 3.05) is 13.7 Å². The second-order valence-corrected chi connectivity index (χ2v) is 3.80. The van der Waals surface area contributed by atoms with Crippen molar-refractivity contribution in [3.8, 4) is 0 Å². The number of methoxy groups -OCH3 is 1. The van der Waals surface area contributed by atoms with E-state index in [1.54, 1.807) is 0 Å². The van der Waals surface area contributed by atoms with Crippen molar-refractivity contribution in [1.82, 2.24) is 10.4 Å². The van der Waals surface area contributed by atoms with Crippen molar-refractivity contribution in [2.24, 2.45) is 0 Å². The Morgan fingerprint density at radius 1 is 1.26 bits per heavy atom. The van der Waals surface area contributed by atoms with Crippen LogP contribution >= 0.6 is 0 Å². The van der Waals surface area contributed by atoms with Gasteiger partial charge in [0.2, 0.25) is 0 Å². The molecule has 1 rings (SSSR count). The van der Waals surface area contributed by atoms with Crippen LogP contribution in [0.1, 0.15) is 18.9 Å². The summed E-state index contributed by atoms with van der Waals surface area (Å²) in [6.45, 7) is 2.39. The molecule has 0 unspecified atom stereocenters. The number of rotatable bonds is 4. The molecule has 1 aromatic carbocycles. The lowest BCUT2D eigenvalue weighted by Gasteiger charge is -2.21. The Labute approximate surface area is 112 Å². The zero-order valence-electron chi connectivity index (χ0n) is 11.1. The van der Waals surface area contributed by atoms with Gasteiger partial charge in [-0.3, -0.25) is 0 Å². The molecule has 0 aliphatic carbocycles. The molecule has 2 amide bonds. The van der Waals surface area contributed by atoms with Gasteiger partial charge in [-0.2, -0.15) is 0 Å². The van der Waals surface area contributed by atoms with Crippen LogP contribution in [0.4, 0.5) is 9.59 Å². The van der Waals surface area contributed by atoms with Gasteiger partial charge in [-0.05, 0) is 12.0 Å². The van der Waals surface area contributed by atoms with Crippen LogP contribution in [-0.2, 0) is 16.1 Å². The van der Waals surface area contributed by atoms with Gasteiger partial charge >= 0.3 is 12.2 Å². The molecule has 0 radical (unpaired) electrons. The van der Waals surface area contributed by atoms with Crippen LogP contribution in [0.25, 0.3) is 0 Å². The number of hydrogen-bond acceptors (Lipinski definition) is 4. The van der Waals surface area contributed by atoms with Crippen LogP contribution in [0.2, 0.25) is 0 Å². The first-order chi connectivity index (χ1) is 9.17. The number of benzene rings is 1. The molecule has 0 saturated carbocycles. The average molecular weight is 266 g/mol. The van der Waals surface area contributed by atoms with Crippen molar-refractivity contribution < 1.29 is 19.1 Å². The molecule has 19 heavy (non-hydrogen) atoms. The second-order valence-electron chi connectivity index (χ2n) is 3.80. The van der Waals surface area contributed by atoms with Gasteiger partial charge < -0.3 is 9.47 Å². The van der Waals surface area contributed by atoms with Crippen molar-refractivity contribution >= 4 is 12.2 Å². The van der Waals surface area contributed by atoms with Crippen molar-refractivity contribution in [1.29, 1.82) is 0 Å². The predicted molar refractivity (Wildman–Crippen MR) is 69.2 cm³/mol. The lowest BCUT2D eigenvalue weighted by Crippen LogP contribution is -2.46. The Hall–Kier alpha value is -2.24. The number of hydrazine groups is 1. The van der Waals surface area contributed by atoms with Crippen LogP contribution in [0.3, 0.4) is 0 Å². The van der Waals surface area contributed by atoms with Gasteiger partial charge in [0, 0.05) is 6.54 Å². The normalized spacial score (nSPS) is 9.58. The van der Waals surface area contributed by atoms with E-state index in [1.165, 1.54) is 7.11 Å². The van der Waals surface area contributed by atoms with Crippen molar-refractivity contribution in [3.05, 3.63) is 35.9 Å². The van der Waals surface area contributed by atoms with E-state index in [9.17, 15) is 9.59 Å². The third kappa shape index (κ3) is 5.29. The first-order valence-corrected chi connectivity index (χ1v) is 6.00. The minimum atomic E-state index is -0.704. The predicted octanol–water partition coefficient (Wildman–Crippen LogP) is 2.31. The zero-order valence-corrected chi connectivity index (χ0v) is 11.1. The van der Waals surface area contributed by atoms with Gasteiger partial charge in [-0.25, -0.2) is 20.0 Å². The van der Waals surface area contributed by atoms with E-state index in [-0.39, 0.29) is 6.61 Å². The quantitative estimate of drug-likeness (QED) is 0.849. The summed E-state index contributed by atoms with van der Waals surface area (Å²) in [6, 6.07) is 9.31. The van der Waals surface area contributed by atoms with Gasteiger partial charge in [0.25, 0.3) is 0 Å². The van der Waals surface area contributed by atoms with Gasteiger partial charge in [0.05, 0.1) is 7.11 Å². The van der Waals surface area contributed by atoms with Crippen molar-refractivity contribution in [3.63, 3.8) is 0 Å². The topological polar surface area (TPSA) is 67.9 Å². The first-order valence-electron chi connectivity index (χ1n) is 6.00. The monoisotopic (exact) mass is 266 g/mol. The summed E-state index contributed by atoms with van der Waals surface area (Å²) >= 11 is 0. The fraction of sp³-hybridized carbons (Fsp3) is 0.385. The molecule has 0 heterocycles. The number of ether oxygens (including phenoxy) is 2. The summed E-state index contributed by atoms with van der Waals surface area (Å²) in [6.07, 6.45) is -0.633. The Morgan fingerprint density at radius 3 is 2.53 bits per heavy atom. The summed E-state index contributed by atoms with van der Waals surface area (Å²) in [5, 5.41) is 1.09. The summed E-state index contributed by atoms with van der Waals surface area (Å²) in [5.74, 6) is 0. The molecule has 1 aromatic rings. The maximum atomic E-state index is 11.8. The number of amides is 2. The highest BCUT2D eigenvalue weighted by atomic mass is 16.6. The Kier molecular flexibility index (Phi) is 6.21. The molecule has 0 aromatic heterocycles. The average Bonchev–Trinajstić information content (AvgIpc) is 2.45. The molecule has 0 saturated heterocycles. The lowest BCUT2D eigenvalue weighted by molar-refractivity contribution is 0.0708. The van der Waals surface area contributed by atoms with E-state index in [0.717, 1.165) is 10.6 Å². The van der Waals surface area contributed by atoms with E-state index in [1.807, 2.05) is 37.3 Å². The van der Waals surface area contributed by atoms with Crippen LogP contribution in [0.5, 0.6) is 0 Å². The third-order valence-electron chi connectivity index (χ3n) is 2.28. The summed E-state index contributed by atoms with van der Waals surface area (Å²) in [5.41, 5.74) is 3.18. The van der Waals surface area contributed by atoms with Gasteiger partial charge in [-0.1, -0.05) is 37.3 Å². The Bertz CT molecular complexity index is 408. The smallest absolute Gasteiger partial charge is 0.429 e. The molecule has 0 aliphatic heterocycles. The van der Waals surface area contributed by atoms with Crippen molar-refractivity contribution in [2.45, 2.75) is 20.0 Å². The molecule has 6 heteroatoms. The third-order valence-corrected chi connectivity index (χ3v) is 2.28. The highest BCUT2D eigenvalue weighted by molar-refractivity contribution is 5.73. The second kappa shape index (κ2) is 7.97. The van der Waals surface area contributed by atoms with E-state index < -0.39 is 12.2 Å². The fourth-order valence-corrected chi connectivity index (χ4v) is 1.37. The molecule has 1 N–H and O–H groups in total. The maximum Gasteiger partial charge on any atom is 0.429 e. The molecular weight excluding hydrogens is 248 g/mol. The molecule has 6 nitrogen and oxygen atoms in total. The largest absolute Gasteiger partial charge is 0.452 e. The van der Waals surface area contributed by atoms with Crippen LogP contribution < -0.4 is 5.43 Å². The maximum absolute atomic E-state index is 11.8. The standard InChI is InChI=1S/C13H18N2O4/c1-3-9-15(14-12(16)18-2)13(17)19-10-11-7-5-4-6-8-11/h4-8H,3,9-10H2,1-2H3,(H,14,16). The zero-order chi connectivity index (χ0) is 14.1. The molecular formula is C13H18N2O4. The van der Waals surface area contributed by atoms with E-state index in [2.05, 4.69) is 10.2 Å². The van der Waals surface area contributed by atoms with E-state index in [0.29, 0.717) is 13.0 Å². The number of nitrogens with zero attached hydrogens (tertiary/aromatic N) is 1. The Balaban J connectivity index is 2.50. The van der Waals surface area contributed by atoms with E-state index in [4.69, 9.17) is 4.74 Å². The highest BCUT2D eigenvalue weighted by Gasteiger charge is 2.17. The van der Waals surface area contributed by atoms with Gasteiger partial charge in [0.1, 0.15) is 6.61 Å². The molecule has 0 aliphatic rings. The minimum absolute atomic E-state index is 0.155. The van der Waals surface area contributed by atoms with Gasteiger partial charge in [-0.15, -0.1) is 0 Å². The number of carbonyl (C=O) groups excluding carboxylic acids is 2. The fourth-order valence-electron chi connectivity index (χ4n) is 1.37. The first kappa shape index (κ1) is 14.8. The number of nitrogens with one attached hydrogen (secondary N) is 1. The molecule has 0 bridgehead atoms.